The number of rotatable bonds is 5. The van der Waals surface area contributed by atoms with Crippen molar-refractivity contribution in [3.63, 3.8) is 0 Å². The Kier molecular flexibility index (Phi) is 5.25. The van der Waals surface area contributed by atoms with Gasteiger partial charge in [0.15, 0.2) is 5.13 Å². The summed E-state index contributed by atoms with van der Waals surface area (Å²) in [5, 5.41) is 3.37. The standard InChI is InChI=1S/C21H21N3O3S/c1-2-16(14-6-4-3-5-7-14)20(26)24-10-8-17-18(12-24)28-21(22-17)23-19(25)15-9-11-27-13-15/h3-7,9,11,13,16H,2,8,10,12H2,1H3,(H,22,23,25). The number of hydrogen-bond acceptors (Lipinski definition) is 5. The first-order chi connectivity index (χ1) is 13.7. The zero-order chi connectivity index (χ0) is 19.5. The molecule has 0 saturated carbocycles. The predicted octanol–water partition coefficient (Wildman–Crippen LogP) is 4.07. The number of anilines is 1. The second-order valence-electron chi connectivity index (χ2n) is 6.74. The molecule has 0 saturated heterocycles. The van der Waals surface area contributed by atoms with Crippen LogP contribution in [-0.4, -0.2) is 28.2 Å². The molecule has 144 valence electrons. The Morgan fingerprint density at radius 1 is 1.29 bits per heavy atom. The molecule has 4 rings (SSSR count). The quantitative estimate of drug-likeness (QED) is 0.707. The number of benzene rings is 1. The summed E-state index contributed by atoms with van der Waals surface area (Å²) < 4.78 is 4.94. The summed E-state index contributed by atoms with van der Waals surface area (Å²) in [6.07, 6.45) is 4.32. The van der Waals surface area contributed by atoms with Crippen LogP contribution in [0, 0.1) is 0 Å². The maximum absolute atomic E-state index is 13.1. The van der Waals surface area contributed by atoms with Gasteiger partial charge in [-0.15, -0.1) is 0 Å². The molecule has 3 aromatic rings. The van der Waals surface area contributed by atoms with E-state index in [1.807, 2.05) is 42.2 Å². The van der Waals surface area contributed by atoms with Gasteiger partial charge in [0.25, 0.3) is 5.91 Å². The van der Waals surface area contributed by atoms with E-state index in [1.165, 1.54) is 23.9 Å². The normalized spacial score (nSPS) is 14.4. The van der Waals surface area contributed by atoms with Gasteiger partial charge in [0.05, 0.1) is 30.0 Å². The van der Waals surface area contributed by atoms with Crippen LogP contribution < -0.4 is 5.32 Å². The number of carbonyl (C=O) groups excluding carboxylic acids is 2. The highest BCUT2D eigenvalue weighted by molar-refractivity contribution is 7.15. The summed E-state index contributed by atoms with van der Waals surface area (Å²) >= 11 is 1.43. The van der Waals surface area contributed by atoms with Crippen molar-refractivity contribution in [2.75, 3.05) is 11.9 Å². The first-order valence-corrected chi connectivity index (χ1v) is 10.1. The Labute approximate surface area is 167 Å². The van der Waals surface area contributed by atoms with Gasteiger partial charge < -0.3 is 9.32 Å². The minimum atomic E-state index is -0.247. The molecule has 3 heterocycles. The summed E-state index contributed by atoms with van der Waals surface area (Å²) in [7, 11) is 0. The number of nitrogens with zero attached hydrogens (tertiary/aromatic N) is 2. The molecule has 1 aromatic carbocycles. The lowest BCUT2D eigenvalue weighted by atomic mass is 9.94. The molecule has 2 aromatic heterocycles. The third-order valence-electron chi connectivity index (χ3n) is 4.96. The molecule has 0 fully saturated rings. The van der Waals surface area contributed by atoms with Gasteiger partial charge in [-0.3, -0.25) is 14.9 Å². The van der Waals surface area contributed by atoms with E-state index in [1.54, 1.807) is 6.07 Å². The maximum Gasteiger partial charge on any atom is 0.260 e. The van der Waals surface area contributed by atoms with Gasteiger partial charge in [-0.1, -0.05) is 48.6 Å². The van der Waals surface area contributed by atoms with Crippen molar-refractivity contribution in [2.45, 2.75) is 32.2 Å². The molecule has 0 spiro atoms. The lowest BCUT2D eigenvalue weighted by Gasteiger charge is -2.29. The first kappa shape index (κ1) is 18.4. The molecule has 0 radical (unpaired) electrons. The number of nitrogens with one attached hydrogen (secondary N) is 1. The van der Waals surface area contributed by atoms with Crippen LogP contribution in [0.3, 0.4) is 0 Å². The SMILES string of the molecule is CCC(C(=O)N1CCc2nc(NC(=O)c3ccoc3)sc2C1)c1ccccc1. The summed E-state index contributed by atoms with van der Waals surface area (Å²) in [5.41, 5.74) is 2.47. The fourth-order valence-corrected chi connectivity index (χ4v) is 4.48. The fourth-order valence-electron chi connectivity index (χ4n) is 3.46. The summed E-state index contributed by atoms with van der Waals surface area (Å²) in [6.45, 7) is 3.23. The predicted molar refractivity (Wildman–Crippen MR) is 107 cm³/mol. The van der Waals surface area contributed by atoms with E-state index < -0.39 is 0 Å². The molecule has 28 heavy (non-hydrogen) atoms. The number of thiazole rings is 1. The molecule has 1 atom stereocenters. The molecule has 0 aliphatic carbocycles. The molecular weight excluding hydrogens is 374 g/mol. The van der Waals surface area contributed by atoms with Crippen LogP contribution in [0.15, 0.2) is 53.3 Å². The third kappa shape index (κ3) is 3.71. The molecule has 1 unspecified atom stereocenters. The van der Waals surface area contributed by atoms with Gasteiger partial charge >= 0.3 is 0 Å². The van der Waals surface area contributed by atoms with E-state index in [0.29, 0.717) is 30.2 Å². The highest BCUT2D eigenvalue weighted by atomic mass is 32.1. The van der Waals surface area contributed by atoms with Gasteiger partial charge in [0, 0.05) is 17.8 Å². The van der Waals surface area contributed by atoms with Gasteiger partial charge in [0.1, 0.15) is 6.26 Å². The van der Waals surface area contributed by atoms with Crippen molar-refractivity contribution >= 4 is 28.3 Å². The zero-order valence-corrected chi connectivity index (χ0v) is 16.4. The second-order valence-corrected chi connectivity index (χ2v) is 7.82. The van der Waals surface area contributed by atoms with Crippen molar-refractivity contribution in [1.29, 1.82) is 0 Å². The number of carbonyl (C=O) groups is 2. The van der Waals surface area contributed by atoms with Gasteiger partial charge in [-0.25, -0.2) is 4.98 Å². The minimum absolute atomic E-state index is 0.129. The first-order valence-electron chi connectivity index (χ1n) is 9.31. The zero-order valence-electron chi connectivity index (χ0n) is 15.6. The van der Waals surface area contributed by atoms with Crippen molar-refractivity contribution in [2.24, 2.45) is 0 Å². The Balaban J connectivity index is 1.46. The Hall–Kier alpha value is -2.93. The lowest BCUT2D eigenvalue weighted by Crippen LogP contribution is -2.38. The van der Waals surface area contributed by atoms with Crippen LogP contribution in [0.4, 0.5) is 5.13 Å². The summed E-state index contributed by atoms with van der Waals surface area (Å²) in [6, 6.07) is 11.5. The monoisotopic (exact) mass is 395 g/mol. The molecule has 2 amide bonds. The summed E-state index contributed by atoms with van der Waals surface area (Å²) in [4.78, 5) is 32.8. The van der Waals surface area contributed by atoms with Crippen LogP contribution in [0.25, 0.3) is 0 Å². The Morgan fingerprint density at radius 2 is 2.11 bits per heavy atom. The molecule has 6 nitrogen and oxygen atoms in total. The van der Waals surface area contributed by atoms with Crippen molar-refractivity contribution in [3.05, 3.63) is 70.6 Å². The molecule has 7 heteroatoms. The molecule has 1 aliphatic rings. The molecule has 0 bridgehead atoms. The smallest absolute Gasteiger partial charge is 0.260 e. The topological polar surface area (TPSA) is 75.4 Å². The Morgan fingerprint density at radius 3 is 2.82 bits per heavy atom. The van der Waals surface area contributed by atoms with Crippen molar-refractivity contribution < 1.29 is 14.0 Å². The average Bonchev–Trinajstić information content (AvgIpc) is 3.38. The van der Waals surface area contributed by atoms with E-state index in [-0.39, 0.29) is 17.7 Å². The van der Waals surface area contributed by atoms with Crippen LogP contribution >= 0.6 is 11.3 Å². The van der Waals surface area contributed by atoms with E-state index >= 15 is 0 Å². The maximum atomic E-state index is 13.1. The highest BCUT2D eigenvalue weighted by Crippen LogP contribution is 2.31. The van der Waals surface area contributed by atoms with Crippen molar-refractivity contribution in [3.8, 4) is 0 Å². The van der Waals surface area contributed by atoms with Crippen LogP contribution in [0.5, 0.6) is 0 Å². The number of amides is 2. The van der Waals surface area contributed by atoms with Crippen LogP contribution in [0.2, 0.25) is 0 Å². The number of furan rings is 1. The van der Waals surface area contributed by atoms with Crippen molar-refractivity contribution in [1.82, 2.24) is 9.88 Å². The largest absolute Gasteiger partial charge is 0.472 e. The highest BCUT2D eigenvalue weighted by Gasteiger charge is 2.29. The van der Waals surface area contributed by atoms with Crippen LogP contribution in [-0.2, 0) is 17.8 Å². The van der Waals surface area contributed by atoms with Gasteiger partial charge in [-0.2, -0.15) is 0 Å². The fraction of sp³-hybridized carbons (Fsp3) is 0.286. The van der Waals surface area contributed by atoms with E-state index in [0.717, 1.165) is 22.6 Å². The lowest BCUT2D eigenvalue weighted by molar-refractivity contribution is -0.133. The molecule has 1 aliphatic heterocycles. The minimum Gasteiger partial charge on any atom is -0.472 e. The van der Waals surface area contributed by atoms with E-state index in [4.69, 9.17) is 4.42 Å². The Bertz CT molecular complexity index is 966. The second kappa shape index (κ2) is 7.98. The van der Waals surface area contributed by atoms with Gasteiger partial charge in [-0.05, 0) is 18.1 Å². The number of fused-ring (bicyclic) bond motifs is 1. The molecule has 1 N–H and O–H groups in total. The average molecular weight is 395 g/mol. The third-order valence-corrected chi connectivity index (χ3v) is 5.95. The summed E-state index contributed by atoms with van der Waals surface area (Å²) in [5.74, 6) is -0.226. The van der Waals surface area contributed by atoms with Gasteiger partial charge in [0.2, 0.25) is 5.91 Å². The molecular formula is C21H21N3O3S. The van der Waals surface area contributed by atoms with E-state index in [2.05, 4.69) is 10.3 Å². The number of aromatic nitrogens is 1. The van der Waals surface area contributed by atoms with E-state index in [9.17, 15) is 9.59 Å². The van der Waals surface area contributed by atoms with Crippen LogP contribution in [0.1, 0.15) is 45.8 Å². The number of hydrogen-bond donors (Lipinski definition) is 1.